The van der Waals surface area contributed by atoms with Crippen LogP contribution in [-0.2, 0) is 65.4 Å². The fourth-order valence-corrected chi connectivity index (χ4v) is 13.4. The molecular weight excluding hydrogens is 1260 g/mol. The highest BCUT2D eigenvalue weighted by molar-refractivity contribution is 7.47. The summed E-state index contributed by atoms with van der Waals surface area (Å²) >= 11 is 0. The maximum atomic E-state index is 13.1. The van der Waals surface area contributed by atoms with Crippen molar-refractivity contribution in [3.8, 4) is 0 Å². The lowest BCUT2D eigenvalue weighted by molar-refractivity contribution is -0.161. The quantitative estimate of drug-likeness (QED) is 0.0222. The standard InChI is InChI=1S/C77H150O17P2/c1-7-9-11-13-15-17-19-20-21-22-23-24-25-30-33-37-43-49-55-61-76(81)93-72(65-88-75(80)60-54-48-42-36-32-29-27-26-28-31-34-39-45-51-57-69(3)4)67-91-95(83,84)89-63-71(78)64-90-96(85,86)92-68-73(94-77(82)62-56-50-44-38-40-46-52-58-70(5)6)66-87-74(79)59-53-47-41-35-18-16-14-12-10-8-2/h69-73,78H,7-68H2,1-6H3,(H,83,84)(H,85,86)/t71-,72-,73-/m1/s1. The van der Waals surface area contributed by atoms with Crippen molar-refractivity contribution in [2.24, 2.45) is 11.8 Å². The number of aliphatic hydroxyl groups excluding tert-OH is 1. The molecule has 96 heavy (non-hydrogen) atoms. The third kappa shape index (κ3) is 70.5. The van der Waals surface area contributed by atoms with Crippen LogP contribution in [-0.4, -0.2) is 96.7 Å². The van der Waals surface area contributed by atoms with Gasteiger partial charge in [-0.3, -0.25) is 37.3 Å². The highest BCUT2D eigenvalue weighted by Crippen LogP contribution is 2.45. The van der Waals surface area contributed by atoms with E-state index in [0.29, 0.717) is 31.6 Å². The lowest BCUT2D eigenvalue weighted by Crippen LogP contribution is -2.30. The lowest BCUT2D eigenvalue weighted by Gasteiger charge is -2.21. The largest absolute Gasteiger partial charge is 0.472 e. The van der Waals surface area contributed by atoms with Crippen molar-refractivity contribution >= 4 is 39.5 Å². The minimum absolute atomic E-state index is 0.104. The predicted octanol–water partition coefficient (Wildman–Crippen LogP) is 22.7. The third-order valence-electron chi connectivity index (χ3n) is 18.0. The van der Waals surface area contributed by atoms with Crippen molar-refractivity contribution in [2.75, 3.05) is 39.6 Å². The Kier molecular flexibility index (Phi) is 67.4. The Morgan fingerprint density at radius 3 is 0.708 bits per heavy atom. The molecule has 0 aromatic heterocycles. The molecule has 0 radical (unpaired) electrons. The van der Waals surface area contributed by atoms with Gasteiger partial charge in [0.1, 0.15) is 19.3 Å². The Morgan fingerprint density at radius 2 is 0.479 bits per heavy atom. The Hall–Kier alpha value is -1.94. The van der Waals surface area contributed by atoms with Crippen molar-refractivity contribution in [3.05, 3.63) is 0 Å². The van der Waals surface area contributed by atoms with Gasteiger partial charge in [-0.2, -0.15) is 0 Å². The Labute approximate surface area is 588 Å². The third-order valence-corrected chi connectivity index (χ3v) is 19.9. The van der Waals surface area contributed by atoms with Crippen LogP contribution in [0.3, 0.4) is 0 Å². The topological polar surface area (TPSA) is 237 Å². The summed E-state index contributed by atoms with van der Waals surface area (Å²) in [5, 5.41) is 10.6. The number of hydrogen-bond donors (Lipinski definition) is 3. The molecule has 0 saturated carbocycles. The average molecular weight is 1410 g/mol. The van der Waals surface area contributed by atoms with Crippen LogP contribution in [0.15, 0.2) is 0 Å². The lowest BCUT2D eigenvalue weighted by atomic mass is 10.0. The molecule has 0 fully saturated rings. The molecular formula is C77H150O17P2. The number of unbranched alkanes of at least 4 members (excludes halogenated alkanes) is 46. The summed E-state index contributed by atoms with van der Waals surface area (Å²) in [5.74, 6) is -0.622. The fourth-order valence-electron chi connectivity index (χ4n) is 11.8. The molecule has 0 aliphatic heterocycles. The smallest absolute Gasteiger partial charge is 0.462 e. The van der Waals surface area contributed by atoms with E-state index in [1.807, 2.05) is 0 Å². The van der Waals surface area contributed by atoms with Crippen molar-refractivity contribution in [1.29, 1.82) is 0 Å². The van der Waals surface area contributed by atoms with Gasteiger partial charge >= 0.3 is 39.5 Å². The van der Waals surface area contributed by atoms with Gasteiger partial charge in [0.2, 0.25) is 0 Å². The zero-order valence-corrected chi connectivity index (χ0v) is 64.5. The van der Waals surface area contributed by atoms with E-state index in [0.717, 1.165) is 95.8 Å². The number of esters is 4. The number of carbonyl (C=O) groups is 4. The number of ether oxygens (including phenoxy) is 4. The van der Waals surface area contributed by atoms with Gasteiger partial charge in [0.05, 0.1) is 26.4 Å². The summed E-state index contributed by atoms with van der Waals surface area (Å²) < 4.78 is 68.5. The average Bonchev–Trinajstić information content (AvgIpc) is 1.19. The van der Waals surface area contributed by atoms with Crippen LogP contribution >= 0.6 is 15.6 Å². The molecule has 0 rings (SSSR count). The predicted molar refractivity (Wildman–Crippen MR) is 391 cm³/mol. The SMILES string of the molecule is CCCCCCCCCCCCCCCCCCCCCC(=O)O[C@H](COC(=O)CCCCCCCCCCCCCCCCC(C)C)COP(=O)(O)OC[C@@H](O)COP(=O)(O)OC[C@@H](COC(=O)CCCCCCCCCCCC)OC(=O)CCCCCCCCCC(C)C. The molecule has 0 heterocycles. The van der Waals surface area contributed by atoms with Gasteiger partial charge in [0, 0.05) is 25.7 Å². The fraction of sp³-hybridized carbons (Fsp3) is 0.948. The summed E-state index contributed by atoms with van der Waals surface area (Å²) in [5.41, 5.74) is 0. The summed E-state index contributed by atoms with van der Waals surface area (Å²) in [6.07, 6.45) is 57.0. The molecule has 3 N–H and O–H groups in total. The molecule has 0 aliphatic carbocycles. The molecule has 19 heteroatoms. The van der Waals surface area contributed by atoms with Crippen molar-refractivity contribution in [1.82, 2.24) is 0 Å². The molecule has 17 nitrogen and oxygen atoms in total. The minimum Gasteiger partial charge on any atom is -0.462 e. The second kappa shape index (κ2) is 68.8. The highest BCUT2D eigenvalue weighted by atomic mass is 31.2. The Morgan fingerprint density at radius 1 is 0.281 bits per heavy atom. The molecule has 0 saturated heterocycles. The number of phosphoric acid groups is 2. The van der Waals surface area contributed by atoms with E-state index in [9.17, 15) is 43.2 Å². The molecule has 0 aromatic rings. The van der Waals surface area contributed by atoms with Crippen LogP contribution in [0.1, 0.15) is 401 Å². The Bertz CT molecular complexity index is 1860. The van der Waals surface area contributed by atoms with E-state index in [-0.39, 0.29) is 25.7 Å². The van der Waals surface area contributed by atoms with E-state index in [1.165, 1.54) is 218 Å². The van der Waals surface area contributed by atoms with Crippen LogP contribution < -0.4 is 0 Å². The second-order valence-corrected chi connectivity index (χ2v) is 31.6. The Balaban J connectivity index is 5.21. The van der Waals surface area contributed by atoms with Gasteiger partial charge in [-0.1, -0.05) is 350 Å². The van der Waals surface area contributed by atoms with E-state index in [4.69, 9.17) is 37.0 Å². The van der Waals surface area contributed by atoms with Crippen molar-refractivity contribution in [3.63, 3.8) is 0 Å². The molecule has 0 spiro atoms. The first kappa shape index (κ1) is 94.1. The van der Waals surface area contributed by atoms with Gasteiger partial charge in [-0.25, -0.2) is 9.13 Å². The van der Waals surface area contributed by atoms with Crippen molar-refractivity contribution in [2.45, 2.75) is 419 Å². The summed E-state index contributed by atoms with van der Waals surface area (Å²) in [6.45, 7) is 9.55. The van der Waals surface area contributed by atoms with Crippen molar-refractivity contribution < 1.29 is 80.2 Å². The van der Waals surface area contributed by atoms with Gasteiger partial charge in [-0.05, 0) is 37.5 Å². The van der Waals surface area contributed by atoms with Crippen LogP contribution in [0.4, 0.5) is 0 Å². The molecule has 0 amide bonds. The monoisotopic (exact) mass is 1410 g/mol. The summed E-state index contributed by atoms with van der Waals surface area (Å²) in [7, 11) is -9.91. The van der Waals surface area contributed by atoms with Gasteiger partial charge in [0.15, 0.2) is 12.2 Å². The van der Waals surface area contributed by atoms with Gasteiger partial charge < -0.3 is 33.8 Å². The molecule has 0 aromatic carbocycles. The van der Waals surface area contributed by atoms with E-state index < -0.39 is 97.5 Å². The zero-order chi connectivity index (χ0) is 70.7. The first-order chi connectivity index (χ1) is 46.4. The van der Waals surface area contributed by atoms with Crippen LogP contribution in [0.5, 0.6) is 0 Å². The first-order valence-electron chi connectivity index (χ1n) is 40.0. The van der Waals surface area contributed by atoms with Crippen LogP contribution in [0, 0.1) is 11.8 Å². The van der Waals surface area contributed by atoms with E-state index in [1.54, 1.807) is 0 Å². The summed E-state index contributed by atoms with van der Waals surface area (Å²) in [6, 6.07) is 0. The minimum atomic E-state index is -4.96. The first-order valence-corrected chi connectivity index (χ1v) is 43.0. The molecule has 5 atom stereocenters. The van der Waals surface area contributed by atoms with E-state index >= 15 is 0 Å². The van der Waals surface area contributed by atoms with Crippen LogP contribution in [0.2, 0.25) is 0 Å². The normalized spacial score (nSPS) is 14.0. The van der Waals surface area contributed by atoms with Gasteiger partial charge in [-0.15, -0.1) is 0 Å². The highest BCUT2D eigenvalue weighted by Gasteiger charge is 2.30. The second-order valence-electron chi connectivity index (χ2n) is 28.7. The zero-order valence-electron chi connectivity index (χ0n) is 62.7. The number of phosphoric ester groups is 2. The maximum absolute atomic E-state index is 13.1. The molecule has 0 bridgehead atoms. The van der Waals surface area contributed by atoms with E-state index in [2.05, 4.69) is 41.5 Å². The van der Waals surface area contributed by atoms with Gasteiger partial charge in [0.25, 0.3) is 0 Å². The number of carbonyl (C=O) groups excluding carboxylic acids is 4. The molecule has 570 valence electrons. The molecule has 2 unspecified atom stereocenters. The number of rotatable bonds is 76. The molecule has 0 aliphatic rings. The maximum Gasteiger partial charge on any atom is 0.472 e. The van der Waals surface area contributed by atoms with Crippen LogP contribution in [0.25, 0.3) is 0 Å². The summed E-state index contributed by atoms with van der Waals surface area (Å²) in [4.78, 5) is 72.8. The number of hydrogen-bond acceptors (Lipinski definition) is 15. The number of aliphatic hydroxyl groups is 1.